The van der Waals surface area contributed by atoms with Crippen molar-refractivity contribution in [2.24, 2.45) is 22.6 Å². The first kappa shape index (κ1) is 67.5. The average molecular weight is 1250 g/mol. The van der Waals surface area contributed by atoms with Crippen molar-refractivity contribution in [2.75, 3.05) is 60.6 Å². The van der Waals surface area contributed by atoms with Gasteiger partial charge in [-0.15, -0.1) is 0 Å². The molecule has 88 heavy (non-hydrogen) atoms. The minimum absolute atomic E-state index is 0. The van der Waals surface area contributed by atoms with Crippen LogP contribution in [0.1, 0.15) is 128 Å². The fourth-order valence-electron chi connectivity index (χ4n) is 8.43. The number of hydrogen-bond donors (Lipinski definition) is 8. The van der Waals surface area contributed by atoms with Gasteiger partial charge in [0.2, 0.25) is 23.2 Å². The third-order valence-electron chi connectivity index (χ3n) is 13.7. The normalized spacial score (nSPS) is 12.7. The van der Waals surface area contributed by atoms with E-state index < -0.39 is 75.1 Å². The molecule has 0 radical (unpaired) electrons. The predicted octanol–water partition coefficient (Wildman–Crippen LogP) is 12.7. The van der Waals surface area contributed by atoms with Crippen LogP contribution in [-0.2, 0) is 23.9 Å². The molecule has 27 heteroatoms. The van der Waals surface area contributed by atoms with Crippen LogP contribution in [0.4, 0.5) is 68.6 Å². The lowest BCUT2D eigenvalue weighted by atomic mass is 9.78. The number of carbonyl (C=O) groups is 3. The largest absolute Gasteiger partial charge is 0.478 e. The summed E-state index contributed by atoms with van der Waals surface area (Å²) >= 11 is 0. The van der Waals surface area contributed by atoms with Crippen molar-refractivity contribution >= 4 is 46.4 Å². The third kappa shape index (κ3) is 17.5. The first-order chi connectivity index (χ1) is 41.5. The zero-order valence-electron chi connectivity index (χ0n) is 47.6. The van der Waals surface area contributed by atoms with E-state index in [1.54, 1.807) is 0 Å². The summed E-state index contributed by atoms with van der Waals surface area (Å²) in [5, 5.41) is 5.99. The molecule has 14 N–H and O–H groups in total. The monoisotopic (exact) mass is 1240 g/mol. The lowest BCUT2D eigenvalue weighted by Gasteiger charge is -2.32. The number of nitrogens with two attached hydrogens (primary N) is 6. The summed E-state index contributed by atoms with van der Waals surface area (Å²) in [6.07, 6.45) is -9.14. The molecule has 0 bridgehead atoms. The second-order valence-electron chi connectivity index (χ2n) is 20.5. The number of rotatable bonds is 21. The van der Waals surface area contributed by atoms with E-state index in [2.05, 4.69) is 40.5 Å². The maximum Gasteiger partial charge on any atom is 0.418 e. The van der Waals surface area contributed by atoms with Crippen molar-refractivity contribution in [3.05, 3.63) is 214 Å². The molecule has 6 aromatic heterocycles. The maximum absolute atomic E-state index is 13.6. The molecule has 6 heterocycles. The summed E-state index contributed by atoms with van der Waals surface area (Å²) in [4.78, 5) is 61.2. The van der Waals surface area contributed by atoms with Gasteiger partial charge in [-0.25, -0.2) is 29.9 Å². The summed E-state index contributed by atoms with van der Waals surface area (Å²) < 4.78 is 126. The van der Waals surface area contributed by atoms with Gasteiger partial charge < -0.3 is 49.8 Å². The Morgan fingerprint density at radius 3 is 1.31 bits per heavy atom. The Kier molecular flexibility index (Phi) is 22.4. The van der Waals surface area contributed by atoms with Gasteiger partial charge in [0.25, 0.3) is 0 Å². The number of carbonyl (C=O) groups excluding carboxylic acids is 3. The van der Waals surface area contributed by atoms with Gasteiger partial charge in [0.15, 0.2) is 0 Å². The zero-order chi connectivity index (χ0) is 64.6. The molecule has 18 nitrogen and oxygen atoms in total. The molecule has 0 fully saturated rings. The number of nitrogens with one attached hydrogen (secondary N) is 2. The van der Waals surface area contributed by atoms with E-state index in [0.717, 1.165) is 35.4 Å². The molecule has 8 aromatic rings. The van der Waals surface area contributed by atoms with Gasteiger partial charge in [-0.05, 0) is 96.2 Å². The number of ketones is 3. The van der Waals surface area contributed by atoms with E-state index in [-0.39, 0.29) is 82.6 Å². The molecule has 0 aliphatic carbocycles. The molecule has 0 saturated heterocycles. The van der Waals surface area contributed by atoms with Crippen LogP contribution >= 0.6 is 0 Å². The minimum Gasteiger partial charge on any atom is -0.478 e. The number of benzene rings is 2. The summed E-state index contributed by atoms with van der Waals surface area (Å²) in [5.41, 5.74) is 29.8. The molecular weight excluding hydrogens is 1160 g/mol. The lowest BCUT2D eigenvalue weighted by Crippen LogP contribution is -2.41. The number of hydrogen-bond acceptors (Lipinski definition) is 18. The van der Waals surface area contributed by atoms with E-state index in [4.69, 9.17) is 39.1 Å². The Morgan fingerprint density at radius 1 is 0.523 bits per heavy atom. The Labute approximate surface area is 513 Å². The molecule has 2 unspecified atom stereocenters. The van der Waals surface area contributed by atoms with Crippen LogP contribution in [0.15, 0.2) is 152 Å². The van der Waals surface area contributed by atoms with Crippen LogP contribution in [0.25, 0.3) is 0 Å². The first-order valence-corrected chi connectivity index (χ1v) is 26.9. The van der Waals surface area contributed by atoms with E-state index >= 15 is 0 Å². The number of pyridine rings is 6. The second kappa shape index (κ2) is 29.2. The van der Waals surface area contributed by atoms with Crippen LogP contribution in [0, 0.1) is 5.41 Å². The van der Waals surface area contributed by atoms with E-state index in [1.165, 1.54) is 67.1 Å². The van der Waals surface area contributed by atoms with Crippen molar-refractivity contribution in [1.82, 2.24) is 29.9 Å². The van der Waals surface area contributed by atoms with Crippen LogP contribution < -0.4 is 49.8 Å². The van der Waals surface area contributed by atoms with Crippen molar-refractivity contribution in [3.8, 4) is 5.88 Å². The fourth-order valence-corrected chi connectivity index (χ4v) is 8.43. The number of alkyl halides is 9. The highest BCUT2D eigenvalue weighted by atomic mass is 19.4. The molecular formula is C61H81F9N14O4. The van der Waals surface area contributed by atoms with Gasteiger partial charge in [-0.2, -0.15) is 39.5 Å². The van der Waals surface area contributed by atoms with Crippen molar-refractivity contribution in [1.29, 1.82) is 0 Å². The maximum atomic E-state index is 13.6. The topological polar surface area (TPSA) is 318 Å². The van der Waals surface area contributed by atoms with Gasteiger partial charge >= 0.3 is 18.5 Å². The quantitative estimate of drug-likeness (QED) is 0.0245. The fraction of sp³-hybridized carbons (Fsp3) is 0.262. The van der Waals surface area contributed by atoms with E-state index in [9.17, 15) is 53.9 Å². The number of nitrogens with zero attached hydrogens (tertiary/aromatic N) is 6. The molecule has 0 aliphatic rings. The summed E-state index contributed by atoms with van der Waals surface area (Å²) in [6, 6.07) is 32.7. The molecule has 0 aliphatic heterocycles. The molecule has 0 amide bonds. The van der Waals surface area contributed by atoms with Crippen LogP contribution in [-0.4, -0.2) is 80.0 Å². The van der Waals surface area contributed by atoms with Gasteiger partial charge in [0.1, 0.15) is 46.2 Å². The Balaban J connectivity index is -0.000000642. The third-order valence-corrected chi connectivity index (χ3v) is 13.7. The van der Waals surface area contributed by atoms with Gasteiger partial charge in [-0.3, -0.25) is 14.4 Å². The summed E-state index contributed by atoms with van der Waals surface area (Å²) in [7, 11) is 0. The number of ether oxygens (including phenoxy) is 1. The predicted molar refractivity (Wildman–Crippen MR) is 334 cm³/mol. The molecule has 0 spiro atoms. The van der Waals surface area contributed by atoms with Crippen LogP contribution in [0.3, 0.4) is 0 Å². The highest BCUT2D eigenvalue weighted by Gasteiger charge is 2.40. The molecule has 2 atom stereocenters. The number of halogens is 9. The number of anilines is 5. The van der Waals surface area contributed by atoms with Crippen molar-refractivity contribution in [2.45, 2.75) is 63.6 Å². The molecule has 0 saturated carbocycles. The van der Waals surface area contributed by atoms with Crippen molar-refractivity contribution < 1.29 is 71.5 Å². The lowest BCUT2D eigenvalue weighted by molar-refractivity contribution is -0.139. The smallest absolute Gasteiger partial charge is 0.418 e. The van der Waals surface area contributed by atoms with Crippen molar-refractivity contribution in [3.63, 3.8) is 0 Å². The first-order valence-electron chi connectivity index (χ1n) is 26.9. The van der Waals surface area contributed by atoms with Crippen LogP contribution in [0.5, 0.6) is 5.88 Å². The summed E-state index contributed by atoms with van der Waals surface area (Å²) in [5.74, 6) is -3.22. The zero-order valence-corrected chi connectivity index (χ0v) is 47.6. The number of nitrogen functional groups attached to an aromatic ring is 3. The van der Waals surface area contributed by atoms with Gasteiger partial charge in [-0.1, -0.05) is 81.4 Å². The second-order valence-corrected chi connectivity index (χ2v) is 20.5. The average Bonchev–Trinajstić information content (AvgIpc) is 0.814. The Bertz CT molecular complexity index is 3710. The highest BCUT2D eigenvalue weighted by molar-refractivity contribution is 6.13. The minimum atomic E-state index is -4.77. The Hall–Kier alpha value is -9.60. The standard InChI is InChI=1S/C23H24F3N5O.C21H19F3N4O2.C17H20F3N5O.9H2/c1-2-22(13-27,15-7-4-3-5-8-15)14-30-18-11-10-17(23(24,25)26)19(31-18)20(32)16-9-6-12-29-21(16)28;22-21(23,24)15-8-9-17(30-12-10-16(25)13-5-2-1-3-6-13)28-18(15)19(29)14-7-4-11-27-20(14)26;1-16(2,8-21)9-24-12-6-5-11(17(18,19)20)13(25-12)14(26)10-4-3-7-23-15(10)22;;;;;;;;;/h3-12H,2,13-14,27H2,1H3,(H2,28,29)(H,30,31);1-9,11,16H,10,12,25H2,(H2,26,27);3-7H,8-9,21H2,1-2H3,(H2,22,23)(H,24,25);9*1H. The van der Waals surface area contributed by atoms with Gasteiger partial charge in [0.05, 0.1) is 40.0 Å². The molecule has 482 valence electrons. The summed E-state index contributed by atoms with van der Waals surface area (Å²) in [6.45, 7) is 7.28. The molecule has 8 rings (SSSR count). The highest BCUT2D eigenvalue weighted by Crippen LogP contribution is 2.37. The van der Waals surface area contributed by atoms with E-state index in [0.29, 0.717) is 39.0 Å². The van der Waals surface area contributed by atoms with Crippen LogP contribution in [0.2, 0.25) is 0 Å². The van der Waals surface area contributed by atoms with Gasteiger partial charge in [0, 0.05) is 75.0 Å². The SMILES string of the molecule is CC(C)(CN)CNc1ccc(C(F)(F)F)c(C(=O)c2cccnc2N)n1.CCC(CN)(CNc1ccc(C(F)(F)F)c(C(=O)c2cccnc2N)n1)c1ccccc1.Nc1ncccc1C(=O)c1nc(OCCC(N)c2ccccc2)ccc1C(F)(F)F.[HH].[HH].[HH].[HH].[HH].[HH].[HH].[HH].[HH]. The molecule has 2 aromatic carbocycles. The number of aromatic nitrogens is 6. The van der Waals surface area contributed by atoms with E-state index in [1.807, 2.05) is 81.4 Å². The Morgan fingerprint density at radius 2 is 0.920 bits per heavy atom.